The average Bonchev–Trinajstić information content (AvgIpc) is 2.44. The minimum atomic E-state index is 0.230. The Hall–Kier alpha value is -1.18. The van der Waals surface area contributed by atoms with Crippen LogP contribution in [-0.2, 0) is 9.59 Å². The Morgan fingerprint density at radius 2 is 2.00 bits per heavy atom. The molecule has 0 spiro atoms. The summed E-state index contributed by atoms with van der Waals surface area (Å²) >= 11 is 0. The molecule has 2 aliphatic carbocycles. The number of hydrogen-bond acceptors (Lipinski definition) is 2. The van der Waals surface area contributed by atoms with Crippen molar-refractivity contribution < 1.29 is 9.59 Å². The van der Waals surface area contributed by atoms with E-state index in [9.17, 15) is 9.59 Å². The third-order valence-electron chi connectivity index (χ3n) is 6.41. The van der Waals surface area contributed by atoms with E-state index < -0.39 is 0 Å². The van der Waals surface area contributed by atoms with Crippen LogP contribution < -0.4 is 0 Å². The first kappa shape index (κ1) is 17.2. The summed E-state index contributed by atoms with van der Waals surface area (Å²) in [6.07, 6.45) is 10.9. The highest BCUT2D eigenvalue weighted by Gasteiger charge is 2.52. The summed E-state index contributed by atoms with van der Waals surface area (Å²) in [4.78, 5) is 21.7. The van der Waals surface area contributed by atoms with E-state index in [1.54, 1.807) is 0 Å². The van der Waals surface area contributed by atoms with Crippen molar-refractivity contribution in [2.75, 3.05) is 0 Å². The van der Waals surface area contributed by atoms with Crippen LogP contribution in [0.25, 0.3) is 0 Å². The SMILES string of the molecule is C=C1CC[C@@H]2C(C)(C)CCC[C@]2(C)[C@H]1C/C=C(/C=O)CC=O. The summed E-state index contributed by atoms with van der Waals surface area (Å²) in [7, 11) is 0. The fraction of sp³-hybridized carbons (Fsp3) is 0.700. The van der Waals surface area contributed by atoms with Crippen LogP contribution in [0.5, 0.6) is 0 Å². The lowest BCUT2D eigenvalue weighted by Crippen LogP contribution is -2.49. The number of aldehydes is 2. The van der Waals surface area contributed by atoms with Crippen molar-refractivity contribution in [2.24, 2.45) is 22.7 Å². The Kier molecular flexibility index (Phi) is 5.09. The molecule has 2 rings (SSSR count). The van der Waals surface area contributed by atoms with Gasteiger partial charge in [0.15, 0.2) is 0 Å². The van der Waals surface area contributed by atoms with Gasteiger partial charge in [0, 0.05) is 6.42 Å². The molecular formula is C20H30O2. The summed E-state index contributed by atoms with van der Waals surface area (Å²) < 4.78 is 0. The molecule has 22 heavy (non-hydrogen) atoms. The van der Waals surface area contributed by atoms with Gasteiger partial charge in [0.1, 0.15) is 12.6 Å². The summed E-state index contributed by atoms with van der Waals surface area (Å²) in [6.45, 7) is 11.6. The lowest BCUT2D eigenvalue weighted by Gasteiger charge is -2.58. The molecule has 0 amide bonds. The van der Waals surface area contributed by atoms with Crippen molar-refractivity contribution in [1.29, 1.82) is 0 Å². The van der Waals surface area contributed by atoms with Crippen molar-refractivity contribution in [1.82, 2.24) is 0 Å². The lowest BCUT2D eigenvalue weighted by atomic mass is 9.47. The van der Waals surface area contributed by atoms with Gasteiger partial charge in [-0.15, -0.1) is 0 Å². The Bertz CT molecular complexity index is 486. The molecule has 0 unspecified atom stereocenters. The number of rotatable bonds is 5. The molecule has 0 aromatic heterocycles. The van der Waals surface area contributed by atoms with Crippen LogP contribution in [0.1, 0.15) is 65.7 Å². The Morgan fingerprint density at radius 3 is 2.64 bits per heavy atom. The van der Waals surface area contributed by atoms with E-state index in [1.807, 2.05) is 6.08 Å². The molecule has 2 heteroatoms. The lowest BCUT2D eigenvalue weighted by molar-refractivity contribution is -0.109. The third-order valence-corrected chi connectivity index (χ3v) is 6.41. The maximum atomic E-state index is 11.1. The monoisotopic (exact) mass is 302 g/mol. The van der Waals surface area contributed by atoms with E-state index >= 15 is 0 Å². The molecule has 0 aromatic carbocycles. The Balaban J connectivity index is 2.26. The maximum absolute atomic E-state index is 11.1. The van der Waals surface area contributed by atoms with E-state index in [4.69, 9.17) is 0 Å². The van der Waals surface area contributed by atoms with Gasteiger partial charge in [0.25, 0.3) is 0 Å². The van der Waals surface area contributed by atoms with Gasteiger partial charge >= 0.3 is 0 Å². The van der Waals surface area contributed by atoms with Gasteiger partial charge in [-0.1, -0.05) is 45.4 Å². The van der Waals surface area contributed by atoms with Crippen LogP contribution in [0, 0.1) is 22.7 Å². The number of hydrogen-bond donors (Lipinski definition) is 0. The highest BCUT2D eigenvalue weighted by molar-refractivity contribution is 5.78. The molecule has 2 fully saturated rings. The molecule has 0 radical (unpaired) electrons. The molecule has 122 valence electrons. The van der Waals surface area contributed by atoms with Crippen molar-refractivity contribution >= 4 is 12.6 Å². The number of fused-ring (bicyclic) bond motifs is 1. The minimum Gasteiger partial charge on any atom is -0.303 e. The zero-order valence-corrected chi connectivity index (χ0v) is 14.4. The summed E-state index contributed by atoms with van der Waals surface area (Å²) in [5, 5.41) is 0. The van der Waals surface area contributed by atoms with Gasteiger partial charge in [-0.2, -0.15) is 0 Å². The summed E-state index contributed by atoms with van der Waals surface area (Å²) in [6, 6.07) is 0. The minimum absolute atomic E-state index is 0.230. The first-order chi connectivity index (χ1) is 10.3. The molecule has 2 saturated carbocycles. The first-order valence-electron chi connectivity index (χ1n) is 8.60. The Morgan fingerprint density at radius 1 is 1.27 bits per heavy atom. The van der Waals surface area contributed by atoms with E-state index in [0.717, 1.165) is 31.3 Å². The number of carbonyl (C=O) groups is 2. The second-order valence-electron chi connectivity index (χ2n) is 8.15. The number of carbonyl (C=O) groups excluding carboxylic acids is 2. The predicted molar refractivity (Wildman–Crippen MR) is 90.5 cm³/mol. The maximum Gasteiger partial charge on any atom is 0.146 e. The van der Waals surface area contributed by atoms with Crippen molar-refractivity contribution in [3.63, 3.8) is 0 Å². The fourth-order valence-electron chi connectivity index (χ4n) is 5.25. The third kappa shape index (κ3) is 3.11. The largest absolute Gasteiger partial charge is 0.303 e. The van der Waals surface area contributed by atoms with Crippen LogP contribution >= 0.6 is 0 Å². The van der Waals surface area contributed by atoms with Gasteiger partial charge in [0.05, 0.1) is 0 Å². The molecule has 0 N–H and O–H groups in total. The first-order valence-corrected chi connectivity index (χ1v) is 8.60. The predicted octanol–water partition coefficient (Wildman–Crippen LogP) is 4.89. The van der Waals surface area contributed by atoms with Crippen LogP contribution in [0.15, 0.2) is 23.8 Å². The van der Waals surface area contributed by atoms with Gasteiger partial charge in [0.2, 0.25) is 0 Å². The van der Waals surface area contributed by atoms with Crippen molar-refractivity contribution in [3.05, 3.63) is 23.8 Å². The van der Waals surface area contributed by atoms with Gasteiger partial charge in [-0.25, -0.2) is 0 Å². The molecule has 0 aliphatic heterocycles. The quantitative estimate of drug-likeness (QED) is 0.411. The highest BCUT2D eigenvalue weighted by atomic mass is 16.1. The Labute approximate surface area is 135 Å². The van der Waals surface area contributed by atoms with Gasteiger partial charge in [-0.3, -0.25) is 4.79 Å². The van der Waals surface area contributed by atoms with Gasteiger partial charge < -0.3 is 4.79 Å². The van der Waals surface area contributed by atoms with Crippen molar-refractivity contribution in [2.45, 2.75) is 65.7 Å². The van der Waals surface area contributed by atoms with Crippen LogP contribution in [0.4, 0.5) is 0 Å². The van der Waals surface area contributed by atoms with Crippen LogP contribution in [0.2, 0.25) is 0 Å². The topological polar surface area (TPSA) is 34.1 Å². The molecule has 0 bridgehead atoms. The summed E-state index contributed by atoms with van der Waals surface area (Å²) in [5.74, 6) is 1.16. The van der Waals surface area contributed by atoms with E-state index in [-0.39, 0.29) is 11.8 Å². The van der Waals surface area contributed by atoms with E-state index in [0.29, 0.717) is 16.9 Å². The summed E-state index contributed by atoms with van der Waals surface area (Å²) in [5.41, 5.74) is 2.63. The van der Waals surface area contributed by atoms with Crippen molar-refractivity contribution in [3.8, 4) is 0 Å². The molecule has 0 saturated heterocycles. The zero-order chi connectivity index (χ0) is 16.4. The second-order valence-corrected chi connectivity index (χ2v) is 8.15. The smallest absolute Gasteiger partial charge is 0.146 e. The van der Waals surface area contributed by atoms with Gasteiger partial charge in [-0.05, 0) is 60.3 Å². The van der Waals surface area contributed by atoms with E-state index in [1.165, 1.54) is 31.3 Å². The number of allylic oxidation sites excluding steroid dienone is 3. The molecular weight excluding hydrogens is 272 g/mol. The average molecular weight is 302 g/mol. The molecule has 2 nitrogen and oxygen atoms in total. The molecule has 0 heterocycles. The fourth-order valence-corrected chi connectivity index (χ4v) is 5.25. The molecule has 2 aliphatic rings. The standard InChI is InChI=1S/C20H30O2/c1-15-6-9-18-19(2,3)11-5-12-20(18,4)17(15)8-7-16(14-22)10-13-21/h7,13-14,17-18H,1,5-6,8-12H2,2-4H3/b16-7+/t17-,18+,20+/m0/s1. The molecule has 0 aromatic rings. The molecule has 3 atom stereocenters. The van der Waals surface area contributed by atoms with Crippen LogP contribution in [-0.4, -0.2) is 12.6 Å². The normalized spacial score (nSPS) is 34.9. The van der Waals surface area contributed by atoms with Crippen LogP contribution in [0.3, 0.4) is 0 Å². The second kappa shape index (κ2) is 6.52. The zero-order valence-electron chi connectivity index (χ0n) is 14.4. The highest BCUT2D eigenvalue weighted by Crippen LogP contribution is 2.61. The van der Waals surface area contributed by atoms with E-state index in [2.05, 4.69) is 27.4 Å².